The SMILES string of the molecule is CCC(CC#N)NC(=O)c1ccc(Br)c(O)c1. The van der Waals surface area contributed by atoms with E-state index in [1.165, 1.54) is 6.07 Å². The van der Waals surface area contributed by atoms with E-state index in [0.29, 0.717) is 16.5 Å². The second-order valence-corrected chi connectivity index (χ2v) is 4.46. The Morgan fingerprint density at radius 3 is 2.88 bits per heavy atom. The van der Waals surface area contributed by atoms with E-state index in [2.05, 4.69) is 21.2 Å². The van der Waals surface area contributed by atoms with Crippen molar-refractivity contribution in [3.05, 3.63) is 28.2 Å². The highest BCUT2D eigenvalue weighted by Crippen LogP contribution is 2.24. The molecule has 0 aliphatic rings. The second kappa shape index (κ2) is 6.26. The first-order chi connectivity index (χ1) is 8.08. The van der Waals surface area contributed by atoms with Gasteiger partial charge in [-0.1, -0.05) is 6.92 Å². The molecule has 0 heterocycles. The smallest absolute Gasteiger partial charge is 0.251 e. The fourth-order valence-corrected chi connectivity index (χ4v) is 1.58. The molecule has 2 N–H and O–H groups in total. The Morgan fingerprint density at radius 1 is 1.65 bits per heavy atom. The third-order valence-electron chi connectivity index (χ3n) is 2.37. The van der Waals surface area contributed by atoms with Crippen molar-refractivity contribution in [1.82, 2.24) is 5.32 Å². The number of rotatable bonds is 4. The van der Waals surface area contributed by atoms with Gasteiger partial charge in [0.1, 0.15) is 5.75 Å². The number of nitriles is 1. The summed E-state index contributed by atoms with van der Waals surface area (Å²) < 4.78 is 0.540. The Bertz CT molecular complexity index is 454. The summed E-state index contributed by atoms with van der Waals surface area (Å²) in [5, 5.41) is 20.8. The molecule has 0 saturated carbocycles. The molecule has 5 heteroatoms. The summed E-state index contributed by atoms with van der Waals surface area (Å²) in [5.74, 6) is -0.263. The van der Waals surface area contributed by atoms with Gasteiger partial charge in [-0.25, -0.2) is 0 Å². The van der Waals surface area contributed by atoms with Gasteiger partial charge >= 0.3 is 0 Å². The van der Waals surface area contributed by atoms with E-state index < -0.39 is 0 Å². The molecule has 0 radical (unpaired) electrons. The lowest BCUT2D eigenvalue weighted by atomic mass is 10.1. The van der Waals surface area contributed by atoms with E-state index in [1.807, 2.05) is 13.0 Å². The minimum atomic E-state index is -0.282. The normalized spacial score (nSPS) is 11.6. The van der Waals surface area contributed by atoms with Crippen LogP contribution in [0.15, 0.2) is 22.7 Å². The molecule has 0 aliphatic carbocycles. The minimum absolute atomic E-state index is 0.0194. The Labute approximate surface area is 108 Å². The van der Waals surface area contributed by atoms with Crippen LogP contribution in [0, 0.1) is 11.3 Å². The van der Waals surface area contributed by atoms with Gasteiger partial charge in [0.25, 0.3) is 5.91 Å². The van der Waals surface area contributed by atoms with E-state index in [-0.39, 0.29) is 24.1 Å². The van der Waals surface area contributed by atoms with E-state index in [1.54, 1.807) is 12.1 Å². The Balaban J connectivity index is 2.76. The first kappa shape index (κ1) is 13.5. The third kappa shape index (κ3) is 3.75. The molecular formula is C12H13BrN2O2. The molecule has 1 atom stereocenters. The molecule has 1 unspecified atom stereocenters. The summed E-state index contributed by atoms with van der Waals surface area (Å²) in [6.45, 7) is 1.90. The topological polar surface area (TPSA) is 73.1 Å². The number of carbonyl (C=O) groups is 1. The van der Waals surface area contributed by atoms with Crippen LogP contribution in [0.25, 0.3) is 0 Å². The standard InChI is InChI=1S/C12H13BrN2O2/c1-2-9(5-6-14)15-12(17)8-3-4-10(13)11(16)7-8/h3-4,7,9,16H,2,5H2,1H3,(H,15,17). The summed E-state index contributed by atoms with van der Waals surface area (Å²) in [7, 11) is 0. The molecule has 0 spiro atoms. The van der Waals surface area contributed by atoms with Gasteiger partial charge < -0.3 is 10.4 Å². The first-order valence-electron chi connectivity index (χ1n) is 5.24. The maximum atomic E-state index is 11.8. The summed E-state index contributed by atoms with van der Waals surface area (Å²) in [5.41, 5.74) is 0.377. The van der Waals surface area contributed by atoms with Gasteiger partial charge in [-0.2, -0.15) is 5.26 Å². The van der Waals surface area contributed by atoms with Crippen molar-refractivity contribution >= 4 is 21.8 Å². The van der Waals surface area contributed by atoms with Crippen LogP contribution in [-0.4, -0.2) is 17.1 Å². The average molecular weight is 297 g/mol. The second-order valence-electron chi connectivity index (χ2n) is 3.61. The Kier molecular flexibility index (Phi) is 4.98. The summed E-state index contributed by atoms with van der Waals surface area (Å²) >= 11 is 3.14. The largest absolute Gasteiger partial charge is 0.507 e. The lowest BCUT2D eigenvalue weighted by Gasteiger charge is -2.13. The summed E-state index contributed by atoms with van der Waals surface area (Å²) in [4.78, 5) is 11.8. The first-order valence-corrected chi connectivity index (χ1v) is 6.04. The maximum Gasteiger partial charge on any atom is 0.251 e. The van der Waals surface area contributed by atoms with Crippen molar-refractivity contribution in [2.75, 3.05) is 0 Å². The summed E-state index contributed by atoms with van der Waals surface area (Å²) in [6, 6.07) is 6.47. The van der Waals surface area contributed by atoms with Crippen LogP contribution < -0.4 is 5.32 Å². The van der Waals surface area contributed by atoms with Crippen LogP contribution in [-0.2, 0) is 0 Å². The van der Waals surface area contributed by atoms with Crippen molar-refractivity contribution in [3.63, 3.8) is 0 Å². The van der Waals surface area contributed by atoms with Crippen molar-refractivity contribution in [2.24, 2.45) is 0 Å². The molecule has 0 fully saturated rings. The summed E-state index contributed by atoms with van der Waals surface area (Å²) in [6.07, 6.45) is 0.979. The molecule has 0 saturated heterocycles. The highest BCUT2D eigenvalue weighted by atomic mass is 79.9. The minimum Gasteiger partial charge on any atom is -0.507 e. The van der Waals surface area contributed by atoms with Gasteiger partial charge in [0, 0.05) is 11.6 Å². The van der Waals surface area contributed by atoms with Crippen LogP contribution in [0.4, 0.5) is 0 Å². The molecule has 17 heavy (non-hydrogen) atoms. The zero-order valence-corrected chi connectivity index (χ0v) is 11.0. The molecule has 4 nitrogen and oxygen atoms in total. The van der Waals surface area contributed by atoms with Gasteiger partial charge in [-0.15, -0.1) is 0 Å². The molecule has 1 aromatic rings. The lowest BCUT2D eigenvalue weighted by Crippen LogP contribution is -2.34. The fourth-order valence-electron chi connectivity index (χ4n) is 1.33. The number of hydrogen-bond acceptors (Lipinski definition) is 3. The number of benzene rings is 1. The molecule has 1 amide bonds. The van der Waals surface area contributed by atoms with Crippen LogP contribution in [0.1, 0.15) is 30.1 Å². The third-order valence-corrected chi connectivity index (χ3v) is 3.04. The van der Waals surface area contributed by atoms with Crippen LogP contribution in [0.3, 0.4) is 0 Å². The quantitative estimate of drug-likeness (QED) is 0.897. The lowest BCUT2D eigenvalue weighted by molar-refractivity contribution is 0.0936. The van der Waals surface area contributed by atoms with Crippen LogP contribution in [0.5, 0.6) is 5.75 Å². The van der Waals surface area contributed by atoms with Gasteiger partial charge in [-0.05, 0) is 40.5 Å². The molecule has 1 rings (SSSR count). The van der Waals surface area contributed by atoms with Gasteiger partial charge in [-0.3, -0.25) is 4.79 Å². The maximum absolute atomic E-state index is 11.8. The number of phenols is 1. The number of hydrogen-bond donors (Lipinski definition) is 2. The van der Waals surface area contributed by atoms with Crippen LogP contribution >= 0.6 is 15.9 Å². The van der Waals surface area contributed by atoms with Gasteiger partial charge in [0.15, 0.2) is 0 Å². The van der Waals surface area contributed by atoms with E-state index >= 15 is 0 Å². The van der Waals surface area contributed by atoms with Crippen molar-refractivity contribution in [2.45, 2.75) is 25.8 Å². The number of carbonyl (C=O) groups excluding carboxylic acids is 1. The highest BCUT2D eigenvalue weighted by molar-refractivity contribution is 9.10. The number of nitrogens with zero attached hydrogens (tertiary/aromatic N) is 1. The van der Waals surface area contributed by atoms with Crippen molar-refractivity contribution in [1.29, 1.82) is 5.26 Å². The molecular weight excluding hydrogens is 284 g/mol. The average Bonchev–Trinajstić information content (AvgIpc) is 2.31. The molecule has 0 aliphatic heterocycles. The van der Waals surface area contributed by atoms with E-state index in [0.717, 1.165) is 0 Å². The number of phenolic OH excluding ortho intramolecular Hbond substituents is 1. The molecule has 90 valence electrons. The van der Waals surface area contributed by atoms with E-state index in [9.17, 15) is 9.90 Å². The van der Waals surface area contributed by atoms with Gasteiger partial charge in [0.05, 0.1) is 17.0 Å². The monoisotopic (exact) mass is 296 g/mol. The van der Waals surface area contributed by atoms with E-state index in [4.69, 9.17) is 5.26 Å². The van der Waals surface area contributed by atoms with Crippen LogP contribution in [0.2, 0.25) is 0 Å². The predicted octanol–water partition coefficient (Wildman–Crippen LogP) is 2.58. The molecule has 0 aromatic heterocycles. The van der Waals surface area contributed by atoms with Crippen molar-refractivity contribution < 1.29 is 9.90 Å². The predicted molar refractivity (Wildman–Crippen MR) is 67.6 cm³/mol. The number of halogens is 1. The zero-order chi connectivity index (χ0) is 12.8. The Morgan fingerprint density at radius 2 is 2.35 bits per heavy atom. The molecule has 0 bridgehead atoms. The number of amides is 1. The number of aromatic hydroxyl groups is 1. The highest BCUT2D eigenvalue weighted by Gasteiger charge is 2.12. The van der Waals surface area contributed by atoms with Crippen molar-refractivity contribution in [3.8, 4) is 11.8 Å². The zero-order valence-electron chi connectivity index (χ0n) is 9.40. The fraction of sp³-hybridized carbons (Fsp3) is 0.333. The number of nitrogens with one attached hydrogen (secondary N) is 1. The van der Waals surface area contributed by atoms with Gasteiger partial charge in [0.2, 0.25) is 0 Å². The Hall–Kier alpha value is -1.54. The molecule has 1 aromatic carbocycles.